The van der Waals surface area contributed by atoms with Crippen molar-refractivity contribution in [1.82, 2.24) is 5.32 Å². The average Bonchev–Trinajstić information content (AvgIpc) is 3.21. The molecule has 0 spiro atoms. The molecule has 1 aliphatic rings. The lowest BCUT2D eigenvalue weighted by molar-refractivity contribution is 0.225. The fraction of sp³-hybridized carbons (Fsp3) is 0.227. The number of aliphatic hydroxyl groups excluding tert-OH is 1. The van der Waals surface area contributed by atoms with Crippen molar-refractivity contribution < 1.29 is 9.90 Å². The molecule has 1 aromatic heterocycles. The number of anilines is 2. The minimum Gasteiger partial charge on any atom is -0.394 e. The minimum atomic E-state index is -0.436. The molecule has 0 saturated carbocycles. The largest absolute Gasteiger partial charge is 0.394 e. The quantitative estimate of drug-likeness (QED) is 0.610. The van der Waals surface area contributed by atoms with E-state index in [0.29, 0.717) is 0 Å². The van der Waals surface area contributed by atoms with Crippen molar-refractivity contribution in [1.29, 1.82) is 0 Å². The maximum Gasteiger partial charge on any atom is 0.319 e. The molecule has 144 valence electrons. The first-order valence-electron chi connectivity index (χ1n) is 9.36. The zero-order valence-electron chi connectivity index (χ0n) is 15.5. The van der Waals surface area contributed by atoms with E-state index in [1.54, 1.807) is 0 Å². The van der Waals surface area contributed by atoms with Gasteiger partial charge >= 0.3 is 6.03 Å². The molecule has 3 aromatic rings. The highest BCUT2D eigenvalue weighted by Gasteiger charge is 2.18. The van der Waals surface area contributed by atoms with Gasteiger partial charge in [-0.05, 0) is 53.3 Å². The summed E-state index contributed by atoms with van der Waals surface area (Å²) in [6, 6.07) is 18.8. The lowest BCUT2D eigenvalue weighted by Gasteiger charge is -2.29. The van der Waals surface area contributed by atoms with Crippen LogP contribution in [0.4, 0.5) is 16.2 Å². The van der Waals surface area contributed by atoms with Crippen LogP contribution in [0.3, 0.4) is 0 Å². The third-order valence-electron chi connectivity index (χ3n) is 4.99. The van der Waals surface area contributed by atoms with Crippen LogP contribution >= 0.6 is 11.3 Å². The summed E-state index contributed by atoms with van der Waals surface area (Å²) in [5, 5.41) is 17.4. The number of amides is 2. The van der Waals surface area contributed by atoms with Gasteiger partial charge in [0.15, 0.2) is 0 Å². The third-order valence-corrected chi connectivity index (χ3v) is 6.01. The van der Waals surface area contributed by atoms with E-state index >= 15 is 0 Å². The number of thiophene rings is 1. The number of hydrogen-bond acceptors (Lipinski definition) is 4. The van der Waals surface area contributed by atoms with E-state index in [0.717, 1.165) is 36.4 Å². The summed E-state index contributed by atoms with van der Waals surface area (Å²) < 4.78 is 0. The van der Waals surface area contributed by atoms with Crippen LogP contribution in [0, 0.1) is 0 Å². The Labute approximate surface area is 168 Å². The molecule has 28 heavy (non-hydrogen) atoms. The molecule has 0 bridgehead atoms. The number of rotatable bonds is 5. The van der Waals surface area contributed by atoms with Gasteiger partial charge in [0.25, 0.3) is 0 Å². The van der Waals surface area contributed by atoms with Crippen LogP contribution in [0.25, 0.3) is 0 Å². The van der Waals surface area contributed by atoms with Crippen molar-refractivity contribution in [2.45, 2.75) is 19.0 Å². The second-order valence-electron chi connectivity index (χ2n) is 6.83. The molecule has 4 rings (SSSR count). The number of hydrogen-bond donors (Lipinski definition) is 3. The summed E-state index contributed by atoms with van der Waals surface area (Å²) >= 11 is 1.84. The van der Waals surface area contributed by atoms with Crippen LogP contribution in [0.2, 0.25) is 0 Å². The zero-order valence-corrected chi connectivity index (χ0v) is 16.3. The summed E-state index contributed by atoms with van der Waals surface area (Å²) in [6.45, 7) is 1.79. The van der Waals surface area contributed by atoms with Gasteiger partial charge in [-0.15, -0.1) is 11.3 Å². The lowest BCUT2D eigenvalue weighted by atomic mass is 10.1. The first-order valence-corrected chi connectivity index (χ1v) is 10.2. The Bertz CT molecular complexity index is 924. The summed E-state index contributed by atoms with van der Waals surface area (Å²) in [5.74, 6) is 0. The molecule has 2 aromatic carbocycles. The molecule has 0 fully saturated rings. The molecule has 1 atom stereocenters. The molecule has 0 aliphatic carbocycles. The van der Waals surface area contributed by atoms with Gasteiger partial charge in [-0.25, -0.2) is 4.79 Å². The molecular weight excluding hydrogens is 370 g/mol. The standard InChI is InChI=1S/C22H23N3O2S/c26-15-20(16-4-2-1-3-5-16)24-22(27)23-18-6-8-19(9-7-18)25-12-10-21-17(14-25)11-13-28-21/h1-9,11,13,20,26H,10,12,14-15H2,(H2,23,24,27)/t20-/m1/s1. The second-order valence-corrected chi connectivity index (χ2v) is 7.83. The van der Waals surface area contributed by atoms with Gasteiger partial charge in [-0.2, -0.15) is 0 Å². The molecule has 5 nitrogen and oxygen atoms in total. The van der Waals surface area contributed by atoms with Gasteiger partial charge in [-0.1, -0.05) is 30.3 Å². The van der Waals surface area contributed by atoms with Crippen molar-refractivity contribution in [3.05, 3.63) is 82.0 Å². The number of benzene rings is 2. The molecule has 6 heteroatoms. The lowest BCUT2D eigenvalue weighted by Crippen LogP contribution is -2.34. The Hall–Kier alpha value is -2.83. The van der Waals surface area contributed by atoms with Crippen LogP contribution in [0.5, 0.6) is 0 Å². The Kier molecular flexibility index (Phi) is 5.60. The zero-order chi connectivity index (χ0) is 19.3. The second kappa shape index (κ2) is 8.46. The van der Waals surface area contributed by atoms with E-state index in [2.05, 4.69) is 27.0 Å². The monoisotopic (exact) mass is 393 g/mol. The topological polar surface area (TPSA) is 64.6 Å². The Morgan fingerprint density at radius 3 is 2.64 bits per heavy atom. The van der Waals surface area contributed by atoms with E-state index in [4.69, 9.17) is 0 Å². The maximum atomic E-state index is 12.3. The van der Waals surface area contributed by atoms with Crippen molar-refractivity contribution in [3.8, 4) is 0 Å². The molecular formula is C22H23N3O2S. The molecule has 3 N–H and O–H groups in total. The van der Waals surface area contributed by atoms with Gasteiger partial charge in [0.1, 0.15) is 0 Å². The Morgan fingerprint density at radius 1 is 1.11 bits per heavy atom. The summed E-state index contributed by atoms with van der Waals surface area (Å²) in [4.78, 5) is 16.2. The fourth-order valence-corrected chi connectivity index (χ4v) is 4.36. The smallest absolute Gasteiger partial charge is 0.319 e. The Morgan fingerprint density at radius 2 is 1.89 bits per heavy atom. The van der Waals surface area contributed by atoms with Crippen molar-refractivity contribution >= 4 is 28.7 Å². The molecule has 0 radical (unpaired) electrons. The first kappa shape index (κ1) is 18.5. The molecule has 0 saturated heterocycles. The van der Waals surface area contributed by atoms with Gasteiger partial charge in [0.2, 0.25) is 0 Å². The average molecular weight is 394 g/mol. The summed E-state index contributed by atoms with van der Waals surface area (Å²) in [7, 11) is 0. The first-order chi connectivity index (χ1) is 13.7. The van der Waals surface area contributed by atoms with E-state index in [1.807, 2.05) is 65.9 Å². The van der Waals surface area contributed by atoms with Crippen LogP contribution in [-0.4, -0.2) is 24.3 Å². The number of nitrogens with one attached hydrogen (secondary N) is 2. The predicted octanol–water partition coefficient (Wildman–Crippen LogP) is 4.17. The van der Waals surface area contributed by atoms with Crippen LogP contribution in [0.1, 0.15) is 22.0 Å². The van der Waals surface area contributed by atoms with E-state index in [-0.39, 0.29) is 12.6 Å². The third kappa shape index (κ3) is 4.18. The van der Waals surface area contributed by atoms with E-state index in [9.17, 15) is 9.90 Å². The maximum absolute atomic E-state index is 12.3. The highest BCUT2D eigenvalue weighted by molar-refractivity contribution is 7.10. The molecule has 0 unspecified atom stereocenters. The number of aliphatic hydroxyl groups is 1. The van der Waals surface area contributed by atoms with Crippen molar-refractivity contribution in [3.63, 3.8) is 0 Å². The van der Waals surface area contributed by atoms with Gasteiger partial charge in [0.05, 0.1) is 12.6 Å². The van der Waals surface area contributed by atoms with E-state index < -0.39 is 6.04 Å². The van der Waals surface area contributed by atoms with Crippen molar-refractivity contribution in [2.75, 3.05) is 23.4 Å². The highest BCUT2D eigenvalue weighted by Crippen LogP contribution is 2.28. The summed E-state index contributed by atoms with van der Waals surface area (Å²) in [6.07, 6.45) is 1.08. The normalized spacial score (nSPS) is 14.2. The minimum absolute atomic E-state index is 0.157. The predicted molar refractivity (Wildman–Crippen MR) is 114 cm³/mol. The van der Waals surface area contributed by atoms with Crippen LogP contribution in [0.15, 0.2) is 66.0 Å². The number of carbonyl (C=O) groups excluding carboxylic acids is 1. The summed E-state index contributed by atoms with van der Waals surface area (Å²) in [5.41, 5.74) is 4.15. The van der Waals surface area contributed by atoms with Gasteiger partial charge in [-0.3, -0.25) is 0 Å². The SMILES string of the molecule is O=C(Nc1ccc(N2CCc3sccc3C2)cc1)N[C@H](CO)c1ccccc1. The fourth-order valence-electron chi connectivity index (χ4n) is 3.47. The van der Waals surface area contributed by atoms with Gasteiger partial charge in [0, 0.05) is 29.3 Å². The number of fused-ring (bicyclic) bond motifs is 1. The van der Waals surface area contributed by atoms with Crippen LogP contribution < -0.4 is 15.5 Å². The van der Waals surface area contributed by atoms with Crippen LogP contribution in [-0.2, 0) is 13.0 Å². The molecule has 1 aliphatic heterocycles. The number of urea groups is 1. The Balaban J connectivity index is 1.36. The van der Waals surface area contributed by atoms with Gasteiger partial charge < -0.3 is 20.6 Å². The highest BCUT2D eigenvalue weighted by atomic mass is 32.1. The molecule has 2 heterocycles. The molecule has 2 amide bonds. The van der Waals surface area contributed by atoms with E-state index in [1.165, 1.54) is 10.4 Å². The number of nitrogens with zero attached hydrogens (tertiary/aromatic N) is 1. The number of carbonyl (C=O) groups is 1. The van der Waals surface area contributed by atoms with Crippen molar-refractivity contribution in [2.24, 2.45) is 0 Å².